The molecule has 1 amide bonds. The van der Waals surface area contributed by atoms with Crippen LogP contribution in [0.3, 0.4) is 0 Å². The third kappa shape index (κ3) is 5.64. The van der Waals surface area contributed by atoms with Gasteiger partial charge in [0.05, 0.1) is 17.6 Å². The fraction of sp³-hybridized carbons (Fsp3) is 0.346. The van der Waals surface area contributed by atoms with E-state index in [2.05, 4.69) is 6.07 Å². The molecule has 0 N–H and O–H groups in total. The molecule has 0 saturated heterocycles. The molecule has 10 heteroatoms. The van der Waals surface area contributed by atoms with Gasteiger partial charge in [0.15, 0.2) is 0 Å². The zero-order chi connectivity index (χ0) is 25.9. The number of halogens is 2. The summed E-state index contributed by atoms with van der Waals surface area (Å²) in [7, 11) is -2.54. The van der Waals surface area contributed by atoms with Gasteiger partial charge in [0.25, 0.3) is 0 Å². The second-order valence-corrected chi connectivity index (χ2v) is 12.4. The van der Waals surface area contributed by atoms with Gasteiger partial charge in [-0.25, -0.2) is 8.42 Å². The quantitative estimate of drug-likeness (QED) is 0.318. The van der Waals surface area contributed by atoms with Crippen molar-refractivity contribution in [1.29, 1.82) is 0 Å². The number of sulfonamides is 1. The first kappa shape index (κ1) is 27.1. The average molecular weight is 568 g/mol. The fourth-order valence-electron chi connectivity index (χ4n) is 4.54. The number of amides is 1. The normalized spacial score (nSPS) is 15.8. The molecular formula is C26H28Cl2N2O4S2. The summed E-state index contributed by atoms with van der Waals surface area (Å²) in [6, 6.07) is 14.1. The van der Waals surface area contributed by atoms with Gasteiger partial charge >= 0.3 is 0 Å². The van der Waals surface area contributed by atoms with E-state index in [9.17, 15) is 13.2 Å². The van der Waals surface area contributed by atoms with E-state index in [0.717, 1.165) is 23.1 Å². The van der Waals surface area contributed by atoms with Crippen LogP contribution >= 0.6 is 34.5 Å². The SMILES string of the molecule is COCCCN(CC(=O)N1CCc2sccc2C1c1ccccc1C)S(=O)(=O)c1cc(Cl)ccc1Cl. The van der Waals surface area contributed by atoms with E-state index in [4.69, 9.17) is 27.9 Å². The van der Waals surface area contributed by atoms with Crippen LogP contribution in [0.15, 0.2) is 58.8 Å². The summed E-state index contributed by atoms with van der Waals surface area (Å²) in [5.41, 5.74) is 3.21. The van der Waals surface area contributed by atoms with Crippen LogP contribution in [0, 0.1) is 6.92 Å². The van der Waals surface area contributed by atoms with Crippen LogP contribution in [-0.4, -0.2) is 56.9 Å². The Bertz CT molecular complexity index is 1340. The molecule has 0 radical (unpaired) electrons. The van der Waals surface area contributed by atoms with E-state index in [1.54, 1.807) is 23.3 Å². The summed E-state index contributed by atoms with van der Waals surface area (Å²) in [5.74, 6) is -0.265. The number of hydrogen-bond acceptors (Lipinski definition) is 5. The summed E-state index contributed by atoms with van der Waals surface area (Å²) < 4.78 is 33.6. The lowest BCUT2D eigenvalue weighted by molar-refractivity contribution is -0.133. The molecule has 1 aliphatic heterocycles. The maximum Gasteiger partial charge on any atom is 0.245 e. The number of rotatable bonds is 9. The fourth-order valence-corrected chi connectivity index (χ4v) is 7.61. The third-order valence-corrected chi connectivity index (χ3v) is 9.91. The van der Waals surface area contributed by atoms with Crippen LogP contribution in [0.2, 0.25) is 10.0 Å². The van der Waals surface area contributed by atoms with Crippen molar-refractivity contribution in [3.05, 3.63) is 85.5 Å². The maximum atomic E-state index is 13.8. The lowest BCUT2D eigenvalue weighted by Gasteiger charge is -2.38. The molecule has 2 aromatic carbocycles. The topological polar surface area (TPSA) is 66.9 Å². The van der Waals surface area contributed by atoms with Crippen LogP contribution in [0.1, 0.15) is 34.0 Å². The highest BCUT2D eigenvalue weighted by Gasteiger charge is 2.36. The zero-order valence-electron chi connectivity index (χ0n) is 20.1. The van der Waals surface area contributed by atoms with E-state index in [0.29, 0.717) is 19.6 Å². The number of methoxy groups -OCH3 is 1. The third-order valence-electron chi connectivity index (χ3n) is 6.35. The Labute approximate surface area is 226 Å². The smallest absolute Gasteiger partial charge is 0.245 e. The Hall–Kier alpha value is -1.94. The number of nitrogens with zero attached hydrogens (tertiary/aromatic N) is 2. The molecule has 0 spiro atoms. The summed E-state index contributed by atoms with van der Waals surface area (Å²) in [5, 5.41) is 2.36. The Kier molecular flexibility index (Phi) is 8.75. The maximum absolute atomic E-state index is 13.8. The molecule has 0 fully saturated rings. The summed E-state index contributed by atoms with van der Waals surface area (Å²) in [6.07, 6.45) is 1.16. The van der Waals surface area contributed by atoms with E-state index < -0.39 is 10.0 Å². The molecule has 6 nitrogen and oxygen atoms in total. The number of ether oxygens (including phenoxy) is 1. The molecule has 4 rings (SSSR count). The first-order valence-corrected chi connectivity index (χ1v) is 14.7. The van der Waals surface area contributed by atoms with Crippen molar-refractivity contribution in [3.8, 4) is 0 Å². The number of carbonyl (C=O) groups is 1. The molecule has 1 aliphatic rings. The predicted octanol–water partition coefficient (Wildman–Crippen LogP) is 5.56. The van der Waals surface area contributed by atoms with Crippen molar-refractivity contribution < 1.29 is 17.9 Å². The first-order valence-electron chi connectivity index (χ1n) is 11.6. The molecular weight excluding hydrogens is 539 g/mol. The standard InChI is InChI=1S/C26H28Cl2N2O4S2/c1-18-6-3-4-7-20(18)26-21-11-15-35-23(21)10-13-30(26)25(31)17-29(12-5-14-34-2)36(32,33)24-16-19(27)8-9-22(24)28/h3-4,6-9,11,15-16,26H,5,10,12-14,17H2,1-2H3. The van der Waals surface area contributed by atoms with Crippen LogP contribution in [-0.2, 0) is 26.0 Å². The largest absolute Gasteiger partial charge is 0.385 e. The molecule has 0 aliphatic carbocycles. The van der Waals surface area contributed by atoms with Crippen LogP contribution in [0.4, 0.5) is 0 Å². The molecule has 1 aromatic heterocycles. The summed E-state index contributed by atoms with van der Waals surface area (Å²) >= 11 is 14.0. The first-order chi connectivity index (χ1) is 17.2. The number of benzene rings is 2. The van der Waals surface area contributed by atoms with E-state index in [-0.39, 0.29) is 40.0 Å². The van der Waals surface area contributed by atoms with Gasteiger partial charge in [-0.05, 0) is 66.1 Å². The molecule has 36 heavy (non-hydrogen) atoms. The van der Waals surface area contributed by atoms with Gasteiger partial charge in [-0.15, -0.1) is 11.3 Å². The predicted molar refractivity (Wildman–Crippen MR) is 144 cm³/mol. The Morgan fingerprint density at radius 1 is 1.17 bits per heavy atom. The van der Waals surface area contributed by atoms with Gasteiger partial charge in [-0.1, -0.05) is 47.5 Å². The van der Waals surface area contributed by atoms with Crippen molar-refractivity contribution in [2.45, 2.75) is 30.7 Å². The number of aryl methyl sites for hydroxylation is 1. The molecule has 0 bridgehead atoms. The van der Waals surface area contributed by atoms with E-state index in [1.807, 2.05) is 36.6 Å². The van der Waals surface area contributed by atoms with Crippen LogP contribution in [0.5, 0.6) is 0 Å². The molecule has 2 heterocycles. The highest BCUT2D eigenvalue weighted by Crippen LogP contribution is 2.39. The lowest BCUT2D eigenvalue weighted by Crippen LogP contribution is -2.47. The van der Waals surface area contributed by atoms with Gasteiger partial charge in [0, 0.05) is 36.7 Å². The molecule has 3 aromatic rings. The van der Waals surface area contributed by atoms with Crippen LogP contribution in [0.25, 0.3) is 0 Å². The summed E-state index contributed by atoms with van der Waals surface area (Å²) in [4.78, 5) is 16.8. The molecule has 1 atom stereocenters. The van der Waals surface area contributed by atoms with Crippen molar-refractivity contribution in [2.75, 3.05) is 33.4 Å². The highest BCUT2D eigenvalue weighted by atomic mass is 35.5. The van der Waals surface area contributed by atoms with E-state index in [1.165, 1.54) is 27.4 Å². The molecule has 1 unspecified atom stereocenters. The van der Waals surface area contributed by atoms with Gasteiger partial charge in [-0.3, -0.25) is 4.79 Å². The van der Waals surface area contributed by atoms with Crippen molar-refractivity contribution in [3.63, 3.8) is 0 Å². The number of fused-ring (bicyclic) bond motifs is 1. The highest BCUT2D eigenvalue weighted by molar-refractivity contribution is 7.89. The average Bonchev–Trinajstić information content (AvgIpc) is 3.33. The lowest BCUT2D eigenvalue weighted by atomic mass is 9.90. The second kappa shape index (κ2) is 11.6. The molecule has 192 valence electrons. The van der Waals surface area contributed by atoms with E-state index >= 15 is 0 Å². The van der Waals surface area contributed by atoms with Gasteiger partial charge in [0.1, 0.15) is 4.90 Å². The minimum absolute atomic E-state index is 0.0577. The van der Waals surface area contributed by atoms with Gasteiger partial charge < -0.3 is 9.64 Å². The minimum atomic E-state index is -4.09. The van der Waals surface area contributed by atoms with Crippen LogP contribution < -0.4 is 0 Å². The minimum Gasteiger partial charge on any atom is -0.385 e. The Balaban J connectivity index is 1.68. The summed E-state index contributed by atoms with van der Waals surface area (Å²) in [6.45, 7) is 2.70. The van der Waals surface area contributed by atoms with Crippen molar-refractivity contribution in [1.82, 2.24) is 9.21 Å². The number of hydrogen-bond donors (Lipinski definition) is 0. The Morgan fingerprint density at radius 3 is 2.69 bits per heavy atom. The van der Waals surface area contributed by atoms with Crippen molar-refractivity contribution in [2.24, 2.45) is 0 Å². The van der Waals surface area contributed by atoms with Crippen molar-refractivity contribution >= 4 is 50.5 Å². The van der Waals surface area contributed by atoms with Gasteiger partial charge in [0.2, 0.25) is 15.9 Å². The molecule has 0 saturated carbocycles. The van der Waals surface area contributed by atoms with Gasteiger partial charge in [-0.2, -0.15) is 4.31 Å². The monoisotopic (exact) mass is 566 g/mol. The Morgan fingerprint density at radius 2 is 1.94 bits per heavy atom. The number of thiophene rings is 1. The second-order valence-electron chi connectivity index (χ2n) is 8.66. The number of carbonyl (C=O) groups excluding carboxylic acids is 1. The zero-order valence-corrected chi connectivity index (χ0v) is 23.3.